The first-order chi connectivity index (χ1) is 8.77. The molecule has 2 fully saturated rings. The lowest BCUT2D eigenvalue weighted by Gasteiger charge is -2.20. The SMILES string of the molecule is COc1ccc(C2(CNC3CC3)CC2)c(OC)c1. The summed E-state index contributed by atoms with van der Waals surface area (Å²) in [6.07, 6.45) is 5.20. The summed E-state index contributed by atoms with van der Waals surface area (Å²) in [4.78, 5) is 0. The van der Waals surface area contributed by atoms with Crippen molar-refractivity contribution in [2.75, 3.05) is 20.8 Å². The second kappa shape index (κ2) is 4.47. The van der Waals surface area contributed by atoms with Gasteiger partial charge in [-0.05, 0) is 31.7 Å². The van der Waals surface area contributed by atoms with Crippen molar-refractivity contribution in [2.24, 2.45) is 0 Å². The van der Waals surface area contributed by atoms with Gasteiger partial charge in [-0.15, -0.1) is 0 Å². The molecular formula is C15H21NO2. The fourth-order valence-corrected chi connectivity index (χ4v) is 2.56. The van der Waals surface area contributed by atoms with Crippen LogP contribution >= 0.6 is 0 Å². The average molecular weight is 247 g/mol. The highest BCUT2D eigenvalue weighted by atomic mass is 16.5. The number of hydrogen-bond donors (Lipinski definition) is 1. The van der Waals surface area contributed by atoms with Crippen LogP contribution in [0.1, 0.15) is 31.2 Å². The molecule has 0 heterocycles. The lowest BCUT2D eigenvalue weighted by Crippen LogP contribution is -2.28. The Morgan fingerprint density at radius 3 is 2.56 bits per heavy atom. The van der Waals surface area contributed by atoms with Crippen LogP contribution in [0, 0.1) is 0 Å². The van der Waals surface area contributed by atoms with Crippen molar-refractivity contribution in [3.63, 3.8) is 0 Å². The molecule has 2 aliphatic rings. The number of rotatable bonds is 6. The first-order valence-corrected chi connectivity index (χ1v) is 6.73. The number of hydrogen-bond acceptors (Lipinski definition) is 3. The monoisotopic (exact) mass is 247 g/mol. The summed E-state index contributed by atoms with van der Waals surface area (Å²) in [7, 11) is 3.43. The summed E-state index contributed by atoms with van der Waals surface area (Å²) in [6.45, 7) is 1.08. The zero-order valence-electron chi connectivity index (χ0n) is 11.2. The standard InChI is InChI=1S/C15H21NO2/c1-17-12-5-6-13(14(9-12)18-2)15(7-8-15)10-16-11-3-4-11/h5-6,9,11,16H,3-4,7-8,10H2,1-2H3. The van der Waals surface area contributed by atoms with Crippen LogP contribution < -0.4 is 14.8 Å². The molecule has 3 nitrogen and oxygen atoms in total. The van der Waals surface area contributed by atoms with E-state index in [-0.39, 0.29) is 0 Å². The molecule has 1 N–H and O–H groups in total. The molecule has 0 unspecified atom stereocenters. The van der Waals surface area contributed by atoms with E-state index in [0.717, 1.165) is 24.1 Å². The molecule has 98 valence electrons. The van der Waals surface area contributed by atoms with Gasteiger partial charge in [0.2, 0.25) is 0 Å². The zero-order chi connectivity index (χ0) is 12.6. The van der Waals surface area contributed by atoms with Crippen LogP contribution in [0.25, 0.3) is 0 Å². The van der Waals surface area contributed by atoms with Crippen LogP contribution in [0.2, 0.25) is 0 Å². The Bertz CT molecular complexity index is 436. The van der Waals surface area contributed by atoms with Crippen molar-refractivity contribution in [2.45, 2.75) is 37.1 Å². The fraction of sp³-hybridized carbons (Fsp3) is 0.600. The highest BCUT2D eigenvalue weighted by Gasteiger charge is 2.46. The molecule has 0 saturated heterocycles. The largest absolute Gasteiger partial charge is 0.497 e. The average Bonchev–Trinajstić information content (AvgIpc) is 3.29. The molecule has 2 aliphatic carbocycles. The molecule has 0 amide bonds. The summed E-state index contributed by atoms with van der Waals surface area (Å²) >= 11 is 0. The van der Waals surface area contributed by atoms with Crippen molar-refractivity contribution < 1.29 is 9.47 Å². The van der Waals surface area contributed by atoms with E-state index in [4.69, 9.17) is 9.47 Å². The molecule has 0 radical (unpaired) electrons. The molecular weight excluding hydrogens is 226 g/mol. The molecule has 3 rings (SSSR count). The van der Waals surface area contributed by atoms with Crippen LogP contribution in [-0.2, 0) is 5.41 Å². The third-order valence-electron chi connectivity index (χ3n) is 4.14. The van der Waals surface area contributed by atoms with E-state index in [2.05, 4.69) is 11.4 Å². The van der Waals surface area contributed by atoms with E-state index >= 15 is 0 Å². The highest BCUT2D eigenvalue weighted by Crippen LogP contribution is 2.51. The summed E-state index contributed by atoms with van der Waals surface area (Å²) in [5, 5.41) is 3.65. The molecule has 0 bridgehead atoms. The van der Waals surface area contributed by atoms with Gasteiger partial charge in [0.25, 0.3) is 0 Å². The molecule has 0 aliphatic heterocycles. The molecule has 0 aromatic heterocycles. The molecule has 2 saturated carbocycles. The van der Waals surface area contributed by atoms with Crippen molar-refractivity contribution >= 4 is 0 Å². The maximum Gasteiger partial charge on any atom is 0.126 e. The van der Waals surface area contributed by atoms with Gasteiger partial charge in [-0.3, -0.25) is 0 Å². The number of benzene rings is 1. The predicted octanol–water partition coefficient (Wildman–Crippen LogP) is 2.49. The second-order valence-electron chi connectivity index (χ2n) is 5.50. The Morgan fingerprint density at radius 2 is 2.00 bits per heavy atom. The highest BCUT2D eigenvalue weighted by molar-refractivity contribution is 5.48. The maximum absolute atomic E-state index is 5.53. The Kier molecular flexibility index (Phi) is 2.94. The van der Waals surface area contributed by atoms with Gasteiger partial charge in [-0.2, -0.15) is 0 Å². The smallest absolute Gasteiger partial charge is 0.126 e. The quantitative estimate of drug-likeness (QED) is 0.837. The first kappa shape index (κ1) is 11.8. The van der Waals surface area contributed by atoms with Gasteiger partial charge in [0, 0.05) is 29.6 Å². The minimum Gasteiger partial charge on any atom is -0.497 e. The summed E-state index contributed by atoms with van der Waals surface area (Å²) in [5.41, 5.74) is 1.64. The van der Waals surface area contributed by atoms with Crippen molar-refractivity contribution in [3.8, 4) is 11.5 Å². The lowest BCUT2D eigenvalue weighted by molar-refractivity contribution is 0.386. The second-order valence-corrected chi connectivity index (χ2v) is 5.50. The van der Waals surface area contributed by atoms with E-state index in [0.29, 0.717) is 5.41 Å². The number of methoxy groups -OCH3 is 2. The topological polar surface area (TPSA) is 30.5 Å². The van der Waals surface area contributed by atoms with Gasteiger partial charge in [-0.25, -0.2) is 0 Å². The number of nitrogens with one attached hydrogen (secondary N) is 1. The predicted molar refractivity (Wildman–Crippen MR) is 71.5 cm³/mol. The Morgan fingerprint density at radius 1 is 1.22 bits per heavy atom. The van der Waals surface area contributed by atoms with Crippen LogP contribution in [-0.4, -0.2) is 26.8 Å². The van der Waals surface area contributed by atoms with Crippen molar-refractivity contribution in [1.29, 1.82) is 0 Å². The van der Waals surface area contributed by atoms with Crippen molar-refractivity contribution in [3.05, 3.63) is 23.8 Å². The maximum atomic E-state index is 5.53. The molecule has 3 heteroatoms. The zero-order valence-corrected chi connectivity index (χ0v) is 11.2. The molecule has 0 spiro atoms. The Hall–Kier alpha value is -1.22. The minimum absolute atomic E-state index is 0.306. The van der Waals surface area contributed by atoms with Crippen LogP contribution in [0.15, 0.2) is 18.2 Å². The summed E-state index contributed by atoms with van der Waals surface area (Å²) in [6, 6.07) is 6.97. The first-order valence-electron chi connectivity index (χ1n) is 6.73. The summed E-state index contributed by atoms with van der Waals surface area (Å²) < 4.78 is 10.8. The van der Waals surface area contributed by atoms with Gasteiger partial charge in [0.15, 0.2) is 0 Å². The fourth-order valence-electron chi connectivity index (χ4n) is 2.56. The Balaban J connectivity index is 1.81. The van der Waals surface area contributed by atoms with Crippen LogP contribution in [0.4, 0.5) is 0 Å². The van der Waals surface area contributed by atoms with E-state index in [1.54, 1.807) is 14.2 Å². The van der Waals surface area contributed by atoms with E-state index < -0.39 is 0 Å². The van der Waals surface area contributed by atoms with Crippen molar-refractivity contribution in [1.82, 2.24) is 5.32 Å². The molecule has 0 atom stereocenters. The van der Waals surface area contributed by atoms with Gasteiger partial charge in [0.05, 0.1) is 14.2 Å². The van der Waals surface area contributed by atoms with Crippen LogP contribution in [0.5, 0.6) is 11.5 Å². The van der Waals surface area contributed by atoms with Crippen LogP contribution in [0.3, 0.4) is 0 Å². The molecule has 1 aromatic rings. The van der Waals surface area contributed by atoms with Gasteiger partial charge in [0.1, 0.15) is 11.5 Å². The Labute approximate surface area is 108 Å². The number of ether oxygens (including phenoxy) is 2. The molecule has 18 heavy (non-hydrogen) atoms. The van der Waals surface area contributed by atoms with Gasteiger partial charge in [-0.1, -0.05) is 6.07 Å². The third kappa shape index (κ3) is 2.19. The minimum atomic E-state index is 0.306. The van der Waals surface area contributed by atoms with E-state index in [1.165, 1.54) is 31.2 Å². The molecule has 1 aromatic carbocycles. The summed E-state index contributed by atoms with van der Waals surface area (Å²) in [5.74, 6) is 1.82. The lowest BCUT2D eigenvalue weighted by atomic mass is 9.94. The normalized spacial score (nSPS) is 20.6. The van der Waals surface area contributed by atoms with E-state index in [9.17, 15) is 0 Å². The van der Waals surface area contributed by atoms with Gasteiger partial charge < -0.3 is 14.8 Å². The van der Waals surface area contributed by atoms with Gasteiger partial charge >= 0.3 is 0 Å². The van der Waals surface area contributed by atoms with E-state index in [1.807, 2.05) is 12.1 Å². The third-order valence-corrected chi connectivity index (χ3v) is 4.14.